The smallest absolute Gasteiger partial charge is 0.354 e. The first-order chi connectivity index (χ1) is 8.65. The first-order valence-electron chi connectivity index (χ1n) is 5.85. The molecule has 0 saturated heterocycles. The number of carbonyl (C=O) groups is 1. The minimum absolute atomic E-state index is 0.0916. The van der Waals surface area contributed by atoms with Crippen molar-refractivity contribution in [3.63, 3.8) is 0 Å². The van der Waals surface area contributed by atoms with Crippen LogP contribution in [-0.2, 0) is 4.74 Å². The van der Waals surface area contributed by atoms with E-state index in [1.54, 1.807) is 0 Å². The lowest BCUT2D eigenvalue weighted by Crippen LogP contribution is -2.11. The Morgan fingerprint density at radius 2 is 2.17 bits per heavy atom. The minimum Gasteiger partial charge on any atom is -0.477 e. The van der Waals surface area contributed by atoms with Crippen molar-refractivity contribution in [1.82, 2.24) is 4.98 Å². The highest BCUT2D eigenvalue weighted by Crippen LogP contribution is 2.18. The summed E-state index contributed by atoms with van der Waals surface area (Å²) in [6.45, 7) is 3.50. The number of hydrogen-bond donors (Lipinski definition) is 2. The van der Waals surface area contributed by atoms with Gasteiger partial charge in [-0.05, 0) is 18.6 Å². The molecule has 0 spiro atoms. The van der Waals surface area contributed by atoms with Crippen LogP contribution in [0.5, 0.6) is 5.88 Å². The highest BCUT2D eigenvalue weighted by Gasteiger charge is 2.09. The molecule has 1 aromatic rings. The fraction of sp³-hybridized carbons (Fsp3) is 0.500. The molecule has 0 amide bonds. The number of aromatic nitrogens is 1. The maximum Gasteiger partial charge on any atom is 0.354 e. The van der Waals surface area contributed by atoms with Crippen molar-refractivity contribution in [2.75, 3.05) is 25.6 Å². The van der Waals surface area contributed by atoms with Crippen molar-refractivity contribution < 1.29 is 19.4 Å². The summed E-state index contributed by atoms with van der Waals surface area (Å²) in [5.74, 6) is -0.979. The molecular weight excluding hydrogens is 236 g/mol. The van der Waals surface area contributed by atoms with Crippen molar-refractivity contribution in [3.8, 4) is 5.88 Å². The Kier molecular flexibility index (Phi) is 5.93. The molecule has 6 nitrogen and oxygen atoms in total. The predicted octanol–water partition coefficient (Wildman–Crippen LogP) is 1.56. The predicted molar refractivity (Wildman–Crippen MR) is 66.8 cm³/mol. The molecule has 0 aliphatic heterocycles. The lowest BCUT2D eigenvalue weighted by molar-refractivity contribution is 0.0688. The number of nitrogens with zero attached hydrogens (tertiary/aromatic N) is 1. The number of unbranched alkanes of at least 4 members (excludes halogenated alkanes) is 1. The largest absolute Gasteiger partial charge is 0.477 e. The van der Waals surface area contributed by atoms with Crippen LogP contribution in [0.4, 0.5) is 5.69 Å². The molecule has 1 rings (SSSR count). The monoisotopic (exact) mass is 254 g/mol. The molecule has 1 heterocycles. The Bertz CT molecular complexity index is 396. The fourth-order valence-corrected chi connectivity index (χ4v) is 1.23. The van der Waals surface area contributed by atoms with Crippen molar-refractivity contribution >= 4 is 11.7 Å². The van der Waals surface area contributed by atoms with Crippen LogP contribution in [0.2, 0.25) is 0 Å². The number of hydrogen-bond acceptors (Lipinski definition) is 5. The Labute approximate surface area is 106 Å². The molecule has 0 atom stereocenters. The van der Waals surface area contributed by atoms with E-state index in [0.29, 0.717) is 25.5 Å². The fourth-order valence-electron chi connectivity index (χ4n) is 1.23. The highest BCUT2D eigenvalue weighted by atomic mass is 16.5. The molecule has 0 saturated carbocycles. The average Bonchev–Trinajstić information content (AvgIpc) is 2.35. The molecule has 100 valence electrons. The van der Waals surface area contributed by atoms with Crippen LogP contribution in [0.15, 0.2) is 12.1 Å². The molecule has 0 radical (unpaired) electrons. The maximum absolute atomic E-state index is 10.7. The van der Waals surface area contributed by atoms with Crippen LogP contribution in [0, 0.1) is 0 Å². The van der Waals surface area contributed by atoms with E-state index in [9.17, 15) is 4.79 Å². The van der Waals surface area contributed by atoms with E-state index in [-0.39, 0.29) is 11.6 Å². The zero-order valence-corrected chi connectivity index (χ0v) is 10.4. The number of carboxylic acid groups (broad SMARTS) is 1. The summed E-state index contributed by atoms with van der Waals surface area (Å²) in [7, 11) is 0. The first kappa shape index (κ1) is 14.2. The lowest BCUT2D eigenvalue weighted by atomic mass is 10.3. The van der Waals surface area contributed by atoms with Crippen LogP contribution in [-0.4, -0.2) is 35.9 Å². The number of pyridine rings is 1. The molecule has 0 fully saturated rings. The van der Waals surface area contributed by atoms with E-state index in [2.05, 4.69) is 11.9 Å². The summed E-state index contributed by atoms with van der Waals surface area (Å²) in [6, 6.07) is 2.80. The molecule has 0 aromatic carbocycles. The number of carboxylic acids is 1. The summed E-state index contributed by atoms with van der Waals surface area (Å²) in [6.07, 6.45) is 2.09. The number of nitrogens with two attached hydrogens (primary N) is 1. The van der Waals surface area contributed by atoms with Crippen LogP contribution >= 0.6 is 0 Å². The van der Waals surface area contributed by atoms with E-state index in [1.807, 2.05) is 0 Å². The third-order valence-electron chi connectivity index (χ3n) is 2.22. The lowest BCUT2D eigenvalue weighted by Gasteiger charge is -2.08. The summed E-state index contributed by atoms with van der Waals surface area (Å²) in [5.41, 5.74) is 5.85. The number of rotatable bonds is 8. The summed E-state index contributed by atoms with van der Waals surface area (Å²) < 4.78 is 10.6. The van der Waals surface area contributed by atoms with Crippen molar-refractivity contribution in [2.24, 2.45) is 0 Å². The van der Waals surface area contributed by atoms with Crippen LogP contribution < -0.4 is 10.5 Å². The van der Waals surface area contributed by atoms with Gasteiger partial charge in [0.05, 0.1) is 12.3 Å². The molecule has 6 heteroatoms. The number of anilines is 1. The third-order valence-corrected chi connectivity index (χ3v) is 2.22. The minimum atomic E-state index is -1.11. The van der Waals surface area contributed by atoms with Gasteiger partial charge in [0.15, 0.2) is 5.69 Å². The Hall–Kier alpha value is -1.82. The second kappa shape index (κ2) is 7.50. The topological polar surface area (TPSA) is 94.7 Å². The average molecular weight is 254 g/mol. The van der Waals surface area contributed by atoms with Gasteiger partial charge in [0.2, 0.25) is 5.88 Å². The molecular formula is C12H18N2O4. The number of aromatic carboxylic acids is 1. The molecule has 0 aliphatic rings. The Morgan fingerprint density at radius 3 is 2.83 bits per heavy atom. The molecule has 0 unspecified atom stereocenters. The molecule has 1 aromatic heterocycles. The van der Waals surface area contributed by atoms with Gasteiger partial charge < -0.3 is 20.3 Å². The van der Waals surface area contributed by atoms with Crippen LogP contribution in [0.3, 0.4) is 0 Å². The summed E-state index contributed by atoms with van der Waals surface area (Å²) in [4.78, 5) is 14.5. The van der Waals surface area contributed by atoms with Crippen LogP contribution in [0.1, 0.15) is 30.3 Å². The van der Waals surface area contributed by atoms with Crippen molar-refractivity contribution in [3.05, 3.63) is 17.8 Å². The van der Waals surface area contributed by atoms with E-state index in [1.165, 1.54) is 12.1 Å². The van der Waals surface area contributed by atoms with Crippen molar-refractivity contribution in [1.29, 1.82) is 0 Å². The third kappa shape index (κ3) is 4.58. The van der Waals surface area contributed by atoms with Gasteiger partial charge in [-0.25, -0.2) is 9.78 Å². The van der Waals surface area contributed by atoms with Gasteiger partial charge >= 0.3 is 5.97 Å². The number of nitrogen functional groups attached to an aromatic ring is 1. The van der Waals surface area contributed by atoms with Crippen molar-refractivity contribution in [2.45, 2.75) is 19.8 Å². The second-order valence-corrected chi connectivity index (χ2v) is 3.71. The van der Waals surface area contributed by atoms with E-state index in [4.69, 9.17) is 20.3 Å². The van der Waals surface area contributed by atoms with Gasteiger partial charge in [0.1, 0.15) is 6.61 Å². The standard InChI is InChI=1S/C12H18N2O4/c1-2-3-6-17-7-8-18-11-9(13)4-5-10(14-11)12(15)16/h4-5H,2-3,6-8,13H2,1H3,(H,15,16). The maximum atomic E-state index is 10.7. The van der Waals surface area contributed by atoms with Gasteiger partial charge in [0.25, 0.3) is 0 Å². The van der Waals surface area contributed by atoms with Gasteiger partial charge in [-0.3, -0.25) is 0 Å². The molecule has 18 heavy (non-hydrogen) atoms. The van der Waals surface area contributed by atoms with Crippen LogP contribution in [0.25, 0.3) is 0 Å². The highest BCUT2D eigenvalue weighted by molar-refractivity contribution is 5.86. The summed E-state index contributed by atoms with van der Waals surface area (Å²) >= 11 is 0. The molecule has 0 bridgehead atoms. The van der Waals surface area contributed by atoms with E-state index in [0.717, 1.165) is 12.8 Å². The first-order valence-corrected chi connectivity index (χ1v) is 5.85. The number of ether oxygens (including phenoxy) is 2. The SMILES string of the molecule is CCCCOCCOc1nc(C(=O)O)ccc1N. The second-order valence-electron chi connectivity index (χ2n) is 3.71. The van der Waals surface area contributed by atoms with Gasteiger partial charge in [-0.1, -0.05) is 13.3 Å². The Morgan fingerprint density at radius 1 is 1.39 bits per heavy atom. The molecule has 3 N–H and O–H groups in total. The Balaban J connectivity index is 2.41. The quantitative estimate of drug-likeness (QED) is 0.683. The van der Waals surface area contributed by atoms with E-state index < -0.39 is 5.97 Å². The van der Waals surface area contributed by atoms with Gasteiger partial charge in [-0.15, -0.1) is 0 Å². The van der Waals surface area contributed by atoms with Gasteiger partial charge in [0, 0.05) is 6.61 Å². The zero-order chi connectivity index (χ0) is 13.4. The molecule has 0 aliphatic carbocycles. The van der Waals surface area contributed by atoms with E-state index >= 15 is 0 Å². The van der Waals surface area contributed by atoms with Gasteiger partial charge in [-0.2, -0.15) is 0 Å². The normalized spacial score (nSPS) is 10.3. The summed E-state index contributed by atoms with van der Waals surface area (Å²) in [5, 5.41) is 8.79. The zero-order valence-electron chi connectivity index (χ0n) is 10.4.